The van der Waals surface area contributed by atoms with Gasteiger partial charge in [-0.25, -0.2) is 0 Å². The zero-order valence-electron chi connectivity index (χ0n) is 11.7. The highest BCUT2D eigenvalue weighted by Crippen LogP contribution is 2.34. The number of aliphatic carboxylic acids is 1. The van der Waals surface area contributed by atoms with Gasteiger partial charge in [0.25, 0.3) is 0 Å². The summed E-state index contributed by atoms with van der Waals surface area (Å²) >= 11 is 0. The number of benzene rings is 1. The number of para-hydroxylation sites is 1. The van der Waals surface area contributed by atoms with Crippen LogP contribution in [-0.4, -0.2) is 51.1 Å². The van der Waals surface area contributed by atoms with Crippen LogP contribution < -0.4 is 4.90 Å². The van der Waals surface area contributed by atoms with E-state index in [-0.39, 0.29) is 0 Å². The summed E-state index contributed by atoms with van der Waals surface area (Å²) in [6.45, 7) is 3.32. The van der Waals surface area contributed by atoms with E-state index in [0.717, 1.165) is 24.3 Å². The third-order valence-corrected chi connectivity index (χ3v) is 3.58. The van der Waals surface area contributed by atoms with Gasteiger partial charge in [-0.1, -0.05) is 18.2 Å². The van der Waals surface area contributed by atoms with Crippen molar-refractivity contribution in [2.24, 2.45) is 0 Å². The van der Waals surface area contributed by atoms with Gasteiger partial charge in [0.05, 0.1) is 25.7 Å². The number of hydrogen-bond donors (Lipinski definition) is 1. The number of rotatable bonds is 7. The largest absolute Gasteiger partial charge is 0.481 e. The van der Waals surface area contributed by atoms with Crippen molar-refractivity contribution in [3.05, 3.63) is 29.8 Å². The summed E-state index contributed by atoms with van der Waals surface area (Å²) in [6.07, 6.45) is 0.643. The molecule has 1 heterocycles. The van der Waals surface area contributed by atoms with E-state index in [2.05, 4.69) is 4.90 Å². The Morgan fingerprint density at radius 2 is 2.15 bits per heavy atom. The zero-order chi connectivity index (χ0) is 14.4. The monoisotopic (exact) mass is 279 g/mol. The lowest BCUT2D eigenvalue weighted by Crippen LogP contribution is -2.35. The van der Waals surface area contributed by atoms with Crippen molar-refractivity contribution in [3.63, 3.8) is 0 Å². The molecule has 1 aliphatic rings. The summed E-state index contributed by atoms with van der Waals surface area (Å²) in [5.41, 5.74) is 1.92. The van der Waals surface area contributed by atoms with Crippen molar-refractivity contribution in [1.29, 1.82) is 0 Å². The maximum absolute atomic E-state index is 11.3. The van der Waals surface area contributed by atoms with Gasteiger partial charge in [0.2, 0.25) is 0 Å². The van der Waals surface area contributed by atoms with Crippen molar-refractivity contribution in [1.82, 2.24) is 0 Å². The van der Waals surface area contributed by atoms with E-state index in [9.17, 15) is 9.90 Å². The van der Waals surface area contributed by atoms with Crippen LogP contribution in [0, 0.1) is 0 Å². The van der Waals surface area contributed by atoms with Crippen molar-refractivity contribution in [2.45, 2.75) is 12.3 Å². The quantitative estimate of drug-likeness (QED) is 0.770. The Bertz CT molecular complexity index is 449. The molecule has 0 fully saturated rings. The minimum absolute atomic E-state index is 0.392. The highest BCUT2D eigenvalue weighted by Gasteiger charge is 2.29. The lowest BCUT2D eigenvalue weighted by atomic mass is 9.90. The van der Waals surface area contributed by atoms with Gasteiger partial charge in [0, 0.05) is 25.9 Å². The van der Waals surface area contributed by atoms with Gasteiger partial charge in [0.15, 0.2) is 0 Å². The van der Waals surface area contributed by atoms with E-state index in [1.165, 1.54) is 0 Å². The van der Waals surface area contributed by atoms with Crippen LogP contribution >= 0.6 is 0 Å². The minimum Gasteiger partial charge on any atom is -0.481 e. The molecule has 1 unspecified atom stereocenters. The molecule has 0 amide bonds. The molecule has 1 atom stereocenters. The number of fused-ring (bicyclic) bond motifs is 1. The summed E-state index contributed by atoms with van der Waals surface area (Å²) in [6, 6.07) is 7.74. The van der Waals surface area contributed by atoms with Crippen LogP contribution in [0.15, 0.2) is 24.3 Å². The maximum atomic E-state index is 11.3. The highest BCUT2D eigenvalue weighted by atomic mass is 16.5. The van der Waals surface area contributed by atoms with Gasteiger partial charge in [-0.15, -0.1) is 0 Å². The molecule has 5 nitrogen and oxygen atoms in total. The van der Waals surface area contributed by atoms with Gasteiger partial charge in [-0.05, 0) is 18.1 Å². The Hall–Kier alpha value is -1.59. The van der Waals surface area contributed by atoms with Crippen LogP contribution in [0.4, 0.5) is 5.69 Å². The molecule has 5 heteroatoms. The van der Waals surface area contributed by atoms with Gasteiger partial charge >= 0.3 is 5.97 Å². The van der Waals surface area contributed by atoms with Crippen LogP contribution in [-0.2, 0) is 14.3 Å². The van der Waals surface area contributed by atoms with Gasteiger partial charge in [-0.3, -0.25) is 4.79 Å². The highest BCUT2D eigenvalue weighted by molar-refractivity contribution is 5.80. The number of hydrogen-bond acceptors (Lipinski definition) is 4. The Labute approximate surface area is 119 Å². The van der Waals surface area contributed by atoms with E-state index < -0.39 is 11.9 Å². The lowest BCUT2D eigenvalue weighted by Gasteiger charge is -2.34. The molecule has 0 aromatic heterocycles. The van der Waals surface area contributed by atoms with Gasteiger partial charge in [0.1, 0.15) is 0 Å². The molecule has 0 spiro atoms. The van der Waals surface area contributed by atoms with Crippen LogP contribution in [0.5, 0.6) is 0 Å². The summed E-state index contributed by atoms with van der Waals surface area (Å²) in [7, 11) is 1.65. The predicted molar refractivity (Wildman–Crippen MR) is 76.3 cm³/mol. The summed E-state index contributed by atoms with van der Waals surface area (Å²) in [5.74, 6) is -1.13. The molecular weight excluding hydrogens is 258 g/mol. The SMILES string of the molecule is COCCOCCN1CCC(C(=O)O)c2ccccc21. The van der Waals surface area contributed by atoms with Crippen molar-refractivity contribution in [2.75, 3.05) is 44.9 Å². The number of carboxylic acid groups (broad SMARTS) is 1. The number of methoxy groups -OCH3 is 1. The molecule has 0 radical (unpaired) electrons. The third kappa shape index (κ3) is 3.49. The molecule has 1 N–H and O–H groups in total. The van der Waals surface area contributed by atoms with E-state index >= 15 is 0 Å². The fraction of sp³-hybridized carbons (Fsp3) is 0.533. The van der Waals surface area contributed by atoms with Crippen LogP contribution in [0.3, 0.4) is 0 Å². The first-order chi connectivity index (χ1) is 9.74. The second-order valence-electron chi connectivity index (χ2n) is 4.83. The smallest absolute Gasteiger partial charge is 0.311 e. The minimum atomic E-state index is -0.742. The topological polar surface area (TPSA) is 59.0 Å². The van der Waals surface area contributed by atoms with Crippen molar-refractivity contribution in [3.8, 4) is 0 Å². The maximum Gasteiger partial charge on any atom is 0.311 e. The Balaban J connectivity index is 1.98. The molecule has 0 bridgehead atoms. The average Bonchev–Trinajstić information content (AvgIpc) is 2.46. The van der Waals surface area contributed by atoms with E-state index in [1.807, 2.05) is 24.3 Å². The van der Waals surface area contributed by atoms with Crippen LogP contribution in [0.1, 0.15) is 17.9 Å². The molecule has 110 valence electrons. The molecule has 0 aliphatic carbocycles. The first-order valence-electron chi connectivity index (χ1n) is 6.87. The lowest BCUT2D eigenvalue weighted by molar-refractivity contribution is -0.139. The Kier molecular flexibility index (Phi) is 5.38. The predicted octanol–water partition coefficient (Wildman–Crippen LogP) is 1.73. The molecule has 0 saturated carbocycles. The number of nitrogens with zero attached hydrogens (tertiary/aromatic N) is 1. The van der Waals surface area contributed by atoms with E-state index in [0.29, 0.717) is 26.2 Å². The second-order valence-corrected chi connectivity index (χ2v) is 4.83. The van der Waals surface area contributed by atoms with Crippen molar-refractivity contribution >= 4 is 11.7 Å². The number of carbonyl (C=O) groups is 1. The Morgan fingerprint density at radius 3 is 2.90 bits per heavy atom. The van der Waals surface area contributed by atoms with E-state index in [1.54, 1.807) is 7.11 Å². The first-order valence-corrected chi connectivity index (χ1v) is 6.87. The summed E-state index contributed by atoms with van der Waals surface area (Å²) in [5, 5.41) is 9.29. The molecule has 20 heavy (non-hydrogen) atoms. The molecular formula is C15H21NO4. The molecule has 0 saturated heterocycles. The summed E-state index contributed by atoms with van der Waals surface area (Å²) < 4.78 is 10.4. The molecule has 1 aromatic carbocycles. The van der Waals surface area contributed by atoms with Crippen LogP contribution in [0.2, 0.25) is 0 Å². The third-order valence-electron chi connectivity index (χ3n) is 3.58. The zero-order valence-corrected chi connectivity index (χ0v) is 11.7. The average molecular weight is 279 g/mol. The first kappa shape index (κ1) is 14.8. The molecule has 1 aromatic rings. The van der Waals surface area contributed by atoms with E-state index in [4.69, 9.17) is 9.47 Å². The van der Waals surface area contributed by atoms with Gasteiger partial charge < -0.3 is 19.5 Å². The number of anilines is 1. The summed E-state index contributed by atoms with van der Waals surface area (Å²) in [4.78, 5) is 13.5. The van der Waals surface area contributed by atoms with Crippen molar-refractivity contribution < 1.29 is 19.4 Å². The van der Waals surface area contributed by atoms with Gasteiger partial charge in [-0.2, -0.15) is 0 Å². The number of ether oxygens (including phenoxy) is 2. The fourth-order valence-corrected chi connectivity index (χ4v) is 2.54. The Morgan fingerprint density at radius 1 is 1.35 bits per heavy atom. The molecule has 1 aliphatic heterocycles. The fourth-order valence-electron chi connectivity index (χ4n) is 2.54. The standard InChI is InChI=1S/C15H21NO4/c1-19-10-11-20-9-8-16-7-6-13(15(17)18)12-4-2-3-5-14(12)16/h2-5,13H,6-11H2,1H3,(H,17,18). The normalized spacial score (nSPS) is 17.9. The van der Waals surface area contributed by atoms with Crippen LogP contribution in [0.25, 0.3) is 0 Å². The number of carboxylic acids is 1. The second kappa shape index (κ2) is 7.26. The molecule has 2 rings (SSSR count).